The predicted octanol–water partition coefficient (Wildman–Crippen LogP) is 1.46. The fourth-order valence-corrected chi connectivity index (χ4v) is 1.45. The molecule has 0 bridgehead atoms. The summed E-state index contributed by atoms with van der Waals surface area (Å²) in [6, 6.07) is 9.78. The summed E-state index contributed by atoms with van der Waals surface area (Å²) in [6.07, 6.45) is 3.95. The molecule has 0 heterocycles. The van der Waals surface area contributed by atoms with Crippen molar-refractivity contribution in [2.75, 3.05) is 6.54 Å². The van der Waals surface area contributed by atoms with Gasteiger partial charge in [-0.1, -0.05) is 30.3 Å². The molecule has 0 aliphatic heterocycles. The van der Waals surface area contributed by atoms with Crippen LogP contribution in [0.1, 0.15) is 23.2 Å². The number of carbonyl (C=O) groups is 1. The second-order valence-corrected chi connectivity index (χ2v) is 4.10. The Balaban J connectivity index is 1.91. The lowest BCUT2D eigenvalue weighted by atomic mass is 10.1. The fourth-order valence-electron chi connectivity index (χ4n) is 1.45. The van der Waals surface area contributed by atoms with Crippen molar-refractivity contribution >= 4 is 5.78 Å². The Bertz CT molecular complexity index is 394. The molecule has 0 unspecified atom stereocenters. The molecular formula is C13H16N2O. The van der Waals surface area contributed by atoms with Crippen LogP contribution in [0.15, 0.2) is 42.1 Å². The van der Waals surface area contributed by atoms with Gasteiger partial charge in [0, 0.05) is 29.9 Å². The highest BCUT2D eigenvalue weighted by molar-refractivity contribution is 6.04. The first-order valence-corrected chi connectivity index (χ1v) is 5.54. The lowest BCUT2D eigenvalue weighted by molar-refractivity contribution is 0.104. The number of allylic oxidation sites excluding steroid dienone is 1. The van der Waals surface area contributed by atoms with Crippen molar-refractivity contribution < 1.29 is 4.79 Å². The van der Waals surface area contributed by atoms with Gasteiger partial charge in [-0.05, 0) is 12.8 Å². The van der Waals surface area contributed by atoms with Crippen molar-refractivity contribution in [3.63, 3.8) is 0 Å². The van der Waals surface area contributed by atoms with Gasteiger partial charge in [-0.25, -0.2) is 0 Å². The largest absolute Gasteiger partial charge is 0.401 e. The van der Waals surface area contributed by atoms with E-state index in [1.807, 2.05) is 18.2 Å². The zero-order chi connectivity index (χ0) is 11.4. The van der Waals surface area contributed by atoms with E-state index < -0.39 is 0 Å². The van der Waals surface area contributed by atoms with E-state index >= 15 is 0 Å². The van der Waals surface area contributed by atoms with Crippen molar-refractivity contribution in [2.24, 2.45) is 5.73 Å². The molecule has 1 aliphatic rings. The molecule has 0 amide bonds. The standard InChI is InChI=1S/C13H16N2O/c14-11(9-15-12-6-7-12)8-13(16)10-4-2-1-3-5-10/h1-5,8,12,15H,6-7,9,14H2/b11-8-. The van der Waals surface area contributed by atoms with Gasteiger partial charge < -0.3 is 11.1 Å². The molecule has 84 valence electrons. The highest BCUT2D eigenvalue weighted by Crippen LogP contribution is 2.18. The molecule has 0 aromatic heterocycles. The van der Waals surface area contributed by atoms with Crippen LogP contribution >= 0.6 is 0 Å². The summed E-state index contributed by atoms with van der Waals surface area (Å²) in [5.74, 6) is -0.0318. The average molecular weight is 216 g/mol. The molecule has 0 atom stereocenters. The maximum absolute atomic E-state index is 11.7. The number of benzene rings is 1. The van der Waals surface area contributed by atoms with Crippen molar-refractivity contribution in [1.29, 1.82) is 0 Å². The number of rotatable bonds is 5. The summed E-state index contributed by atoms with van der Waals surface area (Å²) in [5.41, 5.74) is 7.04. The van der Waals surface area contributed by atoms with Crippen LogP contribution in [0.5, 0.6) is 0 Å². The molecule has 0 saturated heterocycles. The van der Waals surface area contributed by atoms with E-state index in [4.69, 9.17) is 5.73 Å². The topological polar surface area (TPSA) is 55.1 Å². The zero-order valence-electron chi connectivity index (χ0n) is 9.15. The summed E-state index contributed by atoms with van der Waals surface area (Å²) < 4.78 is 0. The SMILES string of the molecule is N/C(=C\C(=O)c1ccccc1)CNC1CC1. The monoisotopic (exact) mass is 216 g/mol. The molecule has 3 nitrogen and oxygen atoms in total. The van der Waals surface area contributed by atoms with Crippen LogP contribution in [0, 0.1) is 0 Å². The summed E-state index contributed by atoms with van der Waals surface area (Å²) in [5, 5.41) is 3.27. The first kappa shape index (κ1) is 10.9. The second-order valence-electron chi connectivity index (χ2n) is 4.10. The van der Waals surface area contributed by atoms with Gasteiger partial charge in [0.25, 0.3) is 0 Å². The van der Waals surface area contributed by atoms with Gasteiger partial charge in [-0.3, -0.25) is 4.79 Å². The molecule has 1 aromatic carbocycles. The minimum atomic E-state index is -0.0318. The van der Waals surface area contributed by atoms with Crippen LogP contribution in [-0.4, -0.2) is 18.4 Å². The molecule has 0 spiro atoms. The minimum absolute atomic E-state index is 0.0318. The first-order valence-electron chi connectivity index (χ1n) is 5.54. The third-order valence-corrected chi connectivity index (χ3v) is 2.55. The van der Waals surface area contributed by atoms with Gasteiger partial charge in [-0.15, -0.1) is 0 Å². The van der Waals surface area contributed by atoms with Gasteiger partial charge in [0.15, 0.2) is 5.78 Å². The Morgan fingerprint density at radius 1 is 1.38 bits per heavy atom. The lowest BCUT2D eigenvalue weighted by Gasteiger charge is -2.02. The van der Waals surface area contributed by atoms with Crippen LogP contribution in [0.4, 0.5) is 0 Å². The minimum Gasteiger partial charge on any atom is -0.401 e. The lowest BCUT2D eigenvalue weighted by Crippen LogP contribution is -2.23. The molecule has 1 aromatic rings. The quantitative estimate of drug-likeness (QED) is 0.579. The first-order chi connectivity index (χ1) is 7.75. The van der Waals surface area contributed by atoms with Gasteiger partial charge in [-0.2, -0.15) is 0 Å². The van der Waals surface area contributed by atoms with Gasteiger partial charge in [0.1, 0.15) is 0 Å². The number of nitrogens with two attached hydrogens (primary N) is 1. The zero-order valence-corrected chi connectivity index (χ0v) is 9.15. The third kappa shape index (κ3) is 3.21. The summed E-state index contributed by atoms with van der Waals surface area (Å²) in [6.45, 7) is 0.600. The maximum Gasteiger partial charge on any atom is 0.187 e. The van der Waals surface area contributed by atoms with E-state index in [0.717, 1.165) is 0 Å². The molecule has 3 heteroatoms. The number of carbonyl (C=O) groups excluding carboxylic acids is 1. The molecule has 0 radical (unpaired) electrons. The summed E-state index contributed by atoms with van der Waals surface area (Å²) in [7, 11) is 0. The highest BCUT2D eigenvalue weighted by atomic mass is 16.1. The smallest absolute Gasteiger partial charge is 0.187 e. The van der Waals surface area contributed by atoms with Gasteiger partial charge >= 0.3 is 0 Å². The molecule has 1 aliphatic carbocycles. The van der Waals surface area contributed by atoms with E-state index in [1.165, 1.54) is 18.9 Å². The van der Waals surface area contributed by atoms with Crippen LogP contribution in [0.3, 0.4) is 0 Å². The molecular weight excluding hydrogens is 200 g/mol. The van der Waals surface area contributed by atoms with Gasteiger partial charge in [0.2, 0.25) is 0 Å². The third-order valence-electron chi connectivity index (χ3n) is 2.55. The van der Waals surface area contributed by atoms with Crippen molar-refractivity contribution in [2.45, 2.75) is 18.9 Å². The van der Waals surface area contributed by atoms with E-state index in [-0.39, 0.29) is 5.78 Å². The van der Waals surface area contributed by atoms with Crippen LogP contribution < -0.4 is 11.1 Å². The number of ketones is 1. The van der Waals surface area contributed by atoms with E-state index in [9.17, 15) is 4.79 Å². The Labute approximate surface area is 95.3 Å². The Kier molecular flexibility index (Phi) is 3.37. The second kappa shape index (κ2) is 4.94. The number of hydrogen-bond acceptors (Lipinski definition) is 3. The highest BCUT2D eigenvalue weighted by Gasteiger charge is 2.20. The van der Waals surface area contributed by atoms with Crippen molar-refractivity contribution in [1.82, 2.24) is 5.32 Å². The maximum atomic E-state index is 11.7. The Hall–Kier alpha value is -1.61. The van der Waals surface area contributed by atoms with Crippen LogP contribution in [0.25, 0.3) is 0 Å². The molecule has 1 saturated carbocycles. The fraction of sp³-hybridized carbons (Fsp3) is 0.308. The van der Waals surface area contributed by atoms with Crippen LogP contribution in [0.2, 0.25) is 0 Å². The molecule has 2 rings (SSSR count). The van der Waals surface area contributed by atoms with E-state index in [2.05, 4.69) is 5.32 Å². The Morgan fingerprint density at radius 2 is 2.06 bits per heavy atom. The molecule has 3 N–H and O–H groups in total. The Morgan fingerprint density at radius 3 is 2.69 bits per heavy atom. The number of hydrogen-bond donors (Lipinski definition) is 2. The number of nitrogens with one attached hydrogen (secondary N) is 1. The normalized spacial score (nSPS) is 16.1. The van der Waals surface area contributed by atoms with E-state index in [1.54, 1.807) is 12.1 Å². The van der Waals surface area contributed by atoms with Gasteiger partial charge in [0.05, 0.1) is 0 Å². The predicted molar refractivity (Wildman–Crippen MR) is 64.1 cm³/mol. The van der Waals surface area contributed by atoms with Crippen molar-refractivity contribution in [3.8, 4) is 0 Å². The molecule has 1 fully saturated rings. The van der Waals surface area contributed by atoms with E-state index in [0.29, 0.717) is 23.8 Å². The average Bonchev–Trinajstić information content (AvgIpc) is 3.11. The molecule has 16 heavy (non-hydrogen) atoms. The van der Waals surface area contributed by atoms with Crippen molar-refractivity contribution in [3.05, 3.63) is 47.7 Å². The summed E-state index contributed by atoms with van der Waals surface area (Å²) >= 11 is 0. The van der Waals surface area contributed by atoms with Crippen LogP contribution in [-0.2, 0) is 0 Å². The summed E-state index contributed by atoms with van der Waals surface area (Å²) in [4.78, 5) is 11.7.